The third-order valence-corrected chi connectivity index (χ3v) is 3.26. The van der Waals surface area contributed by atoms with Crippen molar-refractivity contribution in [2.45, 2.75) is 6.42 Å². The number of pyridine rings is 1. The standard InChI is InChI=1S/C16H16N4O/c1-21-14-10-19-16(20-11-14)18-9-7-13-5-2-4-12-6-3-8-17-15(12)13/h2-6,8,10-11H,7,9H2,1H3,(H,18,19,20). The Bertz CT molecular complexity index is 722. The van der Waals surface area contributed by atoms with Crippen molar-refractivity contribution in [1.29, 1.82) is 0 Å². The molecule has 1 aromatic carbocycles. The maximum absolute atomic E-state index is 5.03. The van der Waals surface area contributed by atoms with Gasteiger partial charge in [-0.2, -0.15) is 0 Å². The highest BCUT2D eigenvalue weighted by molar-refractivity contribution is 5.81. The molecule has 0 bridgehead atoms. The Morgan fingerprint density at radius 2 is 1.86 bits per heavy atom. The van der Waals surface area contributed by atoms with Gasteiger partial charge >= 0.3 is 0 Å². The molecule has 106 valence electrons. The molecule has 21 heavy (non-hydrogen) atoms. The van der Waals surface area contributed by atoms with Crippen molar-refractivity contribution < 1.29 is 4.74 Å². The Morgan fingerprint density at radius 3 is 2.67 bits per heavy atom. The molecule has 0 aliphatic carbocycles. The first-order valence-corrected chi connectivity index (χ1v) is 6.79. The third kappa shape index (κ3) is 3.08. The van der Waals surface area contributed by atoms with E-state index in [9.17, 15) is 0 Å². The third-order valence-electron chi connectivity index (χ3n) is 3.26. The van der Waals surface area contributed by atoms with Gasteiger partial charge in [0.25, 0.3) is 0 Å². The lowest BCUT2D eigenvalue weighted by molar-refractivity contribution is 0.411. The van der Waals surface area contributed by atoms with Crippen molar-refractivity contribution in [2.75, 3.05) is 19.0 Å². The normalized spacial score (nSPS) is 10.5. The van der Waals surface area contributed by atoms with E-state index < -0.39 is 0 Å². The predicted molar refractivity (Wildman–Crippen MR) is 82.5 cm³/mol. The van der Waals surface area contributed by atoms with Crippen LogP contribution in [0.2, 0.25) is 0 Å². The molecule has 5 heteroatoms. The first-order valence-electron chi connectivity index (χ1n) is 6.79. The molecule has 0 spiro atoms. The van der Waals surface area contributed by atoms with E-state index >= 15 is 0 Å². The highest BCUT2D eigenvalue weighted by atomic mass is 16.5. The smallest absolute Gasteiger partial charge is 0.222 e. The van der Waals surface area contributed by atoms with Gasteiger partial charge in [-0.15, -0.1) is 0 Å². The molecule has 2 heterocycles. The number of nitrogens with zero attached hydrogens (tertiary/aromatic N) is 3. The second-order valence-corrected chi connectivity index (χ2v) is 4.62. The molecule has 1 N–H and O–H groups in total. The largest absolute Gasteiger partial charge is 0.494 e. The number of fused-ring (bicyclic) bond motifs is 1. The van der Waals surface area contributed by atoms with E-state index in [1.165, 1.54) is 5.56 Å². The zero-order valence-electron chi connectivity index (χ0n) is 11.8. The highest BCUT2D eigenvalue weighted by Crippen LogP contribution is 2.16. The molecule has 0 aliphatic heterocycles. The number of methoxy groups -OCH3 is 1. The summed E-state index contributed by atoms with van der Waals surface area (Å²) in [4.78, 5) is 12.8. The maximum atomic E-state index is 5.03. The average molecular weight is 280 g/mol. The molecule has 0 amide bonds. The minimum atomic E-state index is 0.601. The van der Waals surface area contributed by atoms with Crippen LogP contribution in [0.4, 0.5) is 5.95 Å². The SMILES string of the molecule is COc1cnc(NCCc2cccc3cccnc23)nc1. The Kier molecular flexibility index (Phi) is 3.91. The van der Waals surface area contributed by atoms with E-state index in [4.69, 9.17) is 4.74 Å². The van der Waals surface area contributed by atoms with Gasteiger partial charge in [0.15, 0.2) is 5.75 Å². The molecule has 0 atom stereocenters. The van der Waals surface area contributed by atoms with Crippen LogP contribution in [0.1, 0.15) is 5.56 Å². The lowest BCUT2D eigenvalue weighted by Crippen LogP contribution is -2.08. The topological polar surface area (TPSA) is 59.9 Å². The fraction of sp³-hybridized carbons (Fsp3) is 0.188. The van der Waals surface area contributed by atoms with Crippen molar-refractivity contribution in [3.8, 4) is 5.75 Å². The molecule has 3 rings (SSSR count). The number of anilines is 1. The molecule has 0 aliphatic rings. The number of para-hydroxylation sites is 1. The summed E-state index contributed by atoms with van der Waals surface area (Å²) < 4.78 is 5.03. The van der Waals surface area contributed by atoms with Crippen molar-refractivity contribution in [3.63, 3.8) is 0 Å². The Labute approximate surface area is 123 Å². The quantitative estimate of drug-likeness (QED) is 0.778. The minimum Gasteiger partial charge on any atom is -0.494 e. The van der Waals surface area contributed by atoms with Gasteiger partial charge in [-0.1, -0.05) is 24.3 Å². The summed E-state index contributed by atoms with van der Waals surface area (Å²) in [6.45, 7) is 0.752. The zero-order valence-corrected chi connectivity index (χ0v) is 11.8. The van der Waals surface area contributed by atoms with Gasteiger partial charge in [0, 0.05) is 18.1 Å². The van der Waals surface area contributed by atoms with Crippen LogP contribution in [-0.2, 0) is 6.42 Å². The number of rotatable bonds is 5. The molecule has 0 radical (unpaired) electrons. The van der Waals surface area contributed by atoms with Crippen LogP contribution in [0.5, 0.6) is 5.75 Å². The lowest BCUT2D eigenvalue weighted by atomic mass is 10.1. The van der Waals surface area contributed by atoms with Crippen molar-refractivity contribution in [1.82, 2.24) is 15.0 Å². The lowest BCUT2D eigenvalue weighted by Gasteiger charge is -2.07. The van der Waals surface area contributed by atoms with E-state index in [-0.39, 0.29) is 0 Å². The molecular weight excluding hydrogens is 264 g/mol. The predicted octanol–water partition coefficient (Wildman–Crippen LogP) is 2.69. The van der Waals surface area contributed by atoms with E-state index in [2.05, 4.69) is 44.5 Å². The summed E-state index contributed by atoms with van der Waals surface area (Å²) in [5, 5.41) is 4.37. The number of benzene rings is 1. The summed E-state index contributed by atoms with van der Waals surface area (Å²) in [5.41, 5.74) is 2.27. The highest BCUT2D eigenvalue weighted by Gasteiger charge is 2.02. The van der Waals surface area contributed by atoms with Crippen molar-refractivity contribution in [3.05, 3.63) is 54.5 Å². The first-order chi connectivity index (χ1) is 10.4. The molecule has 5 nitrogen and oxygen atoms in total. The molecule has 0 unspecified atom stereocenters. The fourth-order valence-electron chi connectivity index (χ4n) is 2.19. The number of hydrogen-bond acceptors (Lipinski definition) is 5. The molecule has 0 saturated heterocycles. The zero-order chi connectivity index (χ0) is 14.5. The van der Waals surface area contributed by atoms with Crippen molar-refractivity contribution >= 4 is 16.9 Å². The molecule has 0 saturated carbocycles. The van der Waals surface area contributed by atoms with E-state index in [0.29, 0.717) is 11.7 Å². The second kappa shape index (κ2) is 6.17. The van der Waals surface area contributed by atoms with E-state index in [1.54, 1.807) is 19.5 Å². The summed E-state index contributed by atoms with van der Waals surface area (Å²) >= 11 is 0. The van der Waals surface area contributed by atoms with Crippen molar-refractivity contribution in [2.24, 2.45) is 0 Å². The van der Waals surface area contributed by atoms with Crippen LogP contribution < -0.4 is 10.1 Å². The number of hydrogen-bond donors (Lipinski definition) is 1. The van der Waals surface area contributed by atoms with E-state index in [0.717, 1.165) is 23.9 Å². The minimum absolute atomic E-state index is 0.601. The Balaban J connectivity index is 1.66. The van der Waals surface area contributed by atoms with Crippen LogP contribution in [0.25, 0.3) is 10.9 Å². The first kappa shape index (κ1) is 13.3. The van der Waals surface area contributed by atoms with Crippen LogP contribution in [0.3, 0.4) is 0 Å². The number of aromatic nitrogens is 3. The van der Waals surface area contributed by atoms with Crippen LogP contribution in [0.15, 0.2) is 48.9 Å². The molecule has 2 aromatic heterocycles. The Hall–Kier alpha value is -2.69. The van der Waals surface area contributed by atoms with E-state index in [1.807, 2.05) is 12.3 Å². The summed E-state index contributed by atoms with van der Waals surface area (Å²) in [6.07, 6.45) is 5.99. The van der Waals surface area contributed by atoms with Gasteiger partial charge in [0.05, 0.1) is 25.0 Å². The molecule has 0 fully saturated rings. The summed E-state index contributed by atoms with van der Waals surface area (Å²) in [5.74, 6) is 1.25. The number of ether oxygens (including phenoxy) is 1. The summed E-state index contributed by atoms with van der Waals surface area (Å²) in [7, 11) is 1.60. The monoisotopic (exact) mass is 280 g/mol. The second-order valence-electron chi connectivity index (χ2n) is 4.62. The van der Waals surface area contributed by atoms with Crippen LogP contribution >= 0.6 is 0 Å². The molecular formula is C16H16N4O. The average Bonchev–Trinajstić information content (AvgIpc) is 2.56. The molecule has 3 aromatic rings. The van der Waals surface area contributed by atoms with Gasteiger partial charge in [-0.25, -0.2) is 9.97 Å². The number of nitrogens with one attached hydrogen (secondary N) is 1. The van der Waals surface area contributed by atoms with Gasteiger partial charge in [-0.05, 0) is 18.1 Å². The van der Waals surface area contributed by atoms with Gasteiger partial charge in [0.2, 0.25) is 5.95 Å². The Morgan fingerprint density at radius 1 is 1.05 bits per heavy atom. The van der Waals surface area contributed by atoms with Crippen LogP contribution in [0, 0.1) is 0 Å². The van der Waals surface area contributed by atoms with Gasteiger partial charge in [-0.3, -0.25) is 4.98 Å². The van der Waals surface area contributed by atoms with Gasteiger partial charge < -0.3 is 10.1 Å². The van der Waals surface area contributed by atoms with Crippen LogP contribution in [-0.4, -0.2) is 28.6 Å². The fourth-order valence-corrected chi connectivity index (χ4v) is 2.19. The summed E-state index contributed by atoms with van der Waals surface area (Å²) in [6, 6.07) is 10.3. The van der Waals surface area contributed by atoms with Gasteiger partial charge in [0.1, 0.15) is 0 Å². The maximum Gasteiger partial charge on any atom is 0.222 e.